The molecule has 0 unspecified atom stereocenters. The van der Waals surface area contributed by atoms with Crippen molar-refractivity contribution in [1.82, 2.24) is 10.3 Å². The van der Waals surface area contributed by atoms with Crippen molar-refractivity contribution >= 4 is 17.6 Å². The van der Waals surface area contributed by atoms with Crippen molar-refractivity contribution in [3.63, 3.8) is 0 Å². The van der Waals surface area contributed by atoms with Gasteiger partial charge in [0.05, 0.1) is 17.2 Å². The van der Waals surface area contributed by atoms with Gasteiger partial charge in [0.2, 0.25) is 0 Å². The molecule has 2 N–H and O–H groups in total. The minimum absolute atomic E-state index is 0.0248. The normalized spacial score (nSPS) is 14.5. The molecule has 3 aromatic carbocycles. The van der Waals surface area contributed by atoms with Crippen LogP contribution in [0.1, 0.15) is 40.3 Å². The number of carbonyl (C=O) groups is 1. The Morgan fingerprint density at radius 2 is 1.98 bits per heavy atom. The fourth-order valence-corrected chi connectivity index (χ4v) is 5.40. The van der Waals surface area contributed by atoms with Crippen LogP contribution in [-0.4, -0.2) is 35.8 Å². The summed E-state index contributed by atoms with van der Waals surface area (Å²) in [6.07, 6.45) is 4.15. The van der Waals surface area contributed by atoms with E-state index in [1.807, 2.05) is 24.3 Å². The fraction of sp³-hybridized carbons (Fsp3) is 0.242. The summed E-state index contributed by atoms with van der Waals surface area (Å²) in [5.41, 5.74) is 5.09. The number of aliphatic carboxylic acids is 1. The number of carboxylic acids is 1. The van der Waals surface area contributed by atoms with Gasteiger partial charge in [0.15, 0.2) is 0 Å². The molecular weight excluding hydrogens is 573 g/mol. The summed E-state index contributed by atoms with van der Waals surface area (Å²) >= 11 is 6.71. The molecule has 2 atom stereocenters. The molecule has 10 heteroatoms. The van der Waals surface area contributed by atoms with Gasteiger partial charge in [-0.25, -0.2) is 4.39 Å². The second kappa shape index (κ2) is 13.7. The van der Waals surface area contributed by atoms with E-state index in [0.29, 0.717) is 51.6 Å². The molecule has 0 saturated carbocycles. The third-order valence-electron chi connectivity index (χ3n) is 7.25. The first-order chi connectivity index (χ1) is 20.9. The Morgan fingerprint density at radius 1 is 1.16 bits per heavy atom. The summed E-state index contributed by atoms with van der Waals surface area (Å²) in [4.78, 5) is 15.7. The number of fused-ring (bicyclic) bond motifs is 1. The van der Waals surface area contributed by atoms with Crippen molar-refractivity contribution in [3.8, 4) is 28.7 Å². The maximum absolute atomic E-state index is 14.6. The Kier molecular flexibility index (Phi) is 9.52. The Labute approximate surface area is 253 Å². The summed E-state index contributed by atoms with van der Waals surface area (Å²) < 4.78 is 32.3. The van der Waals surface area contributed by atoms with Gasteiger partial charge < -0.3 is 19.3 Å². The molecule has 4 aromatic rings. The highest BCUT2D eigenvalue weighted by atomic mass is 35.5. The third kappa shape index (κ3) is 6.95. The maximum atomic E-state index is 14.6. The number of hydrogen-bond donors (Lipinski definition) is 2. The second-order valence-electron chi connectivity index (χ2n) is 10.1. The Balaban J connectivity index is 1.43. The molecule has 0 spiro atoms. The van der Waals surface area contributed by atoms with E-state index in [1.165, 1.54) is 19.4 Å². The highest BCUT2D eigenvalue weighted by Gasteiger charge is 2.28. The van der Waals surface area contributed by atoms with Crippen LogP contribution in [0.15, 0.2) is 73.1 Å². The van der Waals surface area contributed by atoms with E-state index in [2.05, 4.69) is 16.4 Å². The number of ether oxygens (including phenoxy) is 3. The van der Waals surface area contributed by atoms with Gasteiger partial charge in [-0.3, -0.25) is 15.1 Å². The maximum Gasteiger partial charge on any atom is 0.323 e. The zero-order valence-corrected chi connectivity index (χ0v) is 24.1. The molecule has 0 amide bonds. The minimum Gasteiger partial charge on any atom is -0.488 e. The first kappa shape index (κ1) is 30.0. The predicted octanol–water partition coefficient (Wildman–Crippen LogP) is 6.25. The summed E-state index contributed by atoms with van der Waals surface area (Å²) in [6, 6.07) is 18.7. The second-order valence-corrected chi connectivity index (χ2v) is 10.5. The first-order valence-corrected chi connectivity index (χ1v) is 14.0. The van der Waals surface area contributed by atoms with Crippen LogP contribution in [0.4, 0.5) is 4.39 Å². The highest BCUT2D eigenvalue weighted by molar-refractivity contribution is 6.32. The van der Waals surface area contributed by atoms with E-state index in [0.717, 1.165) is 16.7 Å². The van der Waals surface area contributed by atoms with E-state index in [9.17, 15) is 19.6 Å². The fourth-order valence-electron chi connectivity index (χ4n) is 5.17. The topological polar surface area (TPSA) is 114 Å². The lowest BCUT2D eigenvalue weighted by atomic mass is 9.96. The molecule has 220 valence electrons. The van der Waals surface area contributed by atoms with Crippen LogP contribution in [0.3, 0.4) is 0 Å². The quantitative estimate of drug-likeness (QED) is 0.196. The number of nitriles is 1. The van der Waals surface area contributed by atoms with Crippen molar-refractivity contribution in [2.45, 2.75) is 38.1 Å². The molecule has 0 fully saturated rings. The van der Waals surface area contributed by atoms with Gasteiger partial charge in [0, 0.05) is 48.8 Å². The number of aromatic nitrogens is 1. The summed E-state index contributed by atoms with van der Waals surface area (Å²) in [6.45, 7) is 0.211. The number of halogens is 2. The van der Waals surface area contributed by atoms with E-state index in [1.54, 1.807) is 36.5 Å². The van der Waals surface area contributed by atoms with Crippen molar-refractivity contribution in [2.24, 2.45) is 0 Å². The average Bonchev–Trinajstić information content (AvgIpc) is 3.42. The van der Waals surface area contributed by atoms with Crippen molar-refractivity contribution in [1.29, 1.82) is 5.26 Å². The highest BCUT2D eigenvalue weighted by Crippen LogP contribution is 2.43. The standard InChI is InChI=1S/C33H29ClFN3O5/c1-41-19-29(33(39)40)38-17-22-12-27(34)32(13-31(22)42-18-21-11-20(14-36)15-37-16-21)43-30-10-9-24-23(6-4-7-26(24)30)25-5-2-3-8-28(25)35/h2-8,11-13,15-16,29-30,38H,9-10,17-19H2,1H3,(H,39,40)/t29-,30-/m0/s1. The van der Waals surface area contributed by atoms with Crippen LogP contribution in [0, 0.1) is 17.1 Å². The Bertz CT molecular complexity index is 1680. The van der Waals surface area contributed by atoms with Gasteiger partial charge in [-0.15, -0.1) is 0 Å². The molecule has 0 saturated heterocycles. The molecule has 0 bridgehead atoms. The van der Waals surface area contributed by atoms with Crippen LogP contribution < -0.4 is 14.8 Å². The lowest BCUT2D eigenvalue weighted by molar-refractivity contribution is -0.140. The number of nitrogens with zero attached hydrogens (tertiary/aromatic N) is 2. The van der Waals surface area contributed by atoms with Gasteiger partial charge in [0.1, 0.15) is 42.1 Å². The average molecular weight is 602 g/mol. The summed E-state index contributed by atoms with van der Waals surface area (Å²) in [5.74, 6) is -0.510. The van der Waals surface area contributed by atoms with Gasteiger partial charge in [-0.1, -0.05) is 48.0 Å². The Morgan fingerprint density at radius 3 is 2.74 bits per heavy atom. The van der Waals surface area contributed by atoms with Crippen molar-refractivity contribution in [2.75, 3.05) is 13.7 Å². The van der Waals surface area contributed by atoms with E-state index in [4.69, 9.17) is 25.8 Å². The number of rotatable bonds is 12. The van der Waals surface area contributed by atoms with Gasteiger partial charge >= 0.3 is 5.97 Å². The molecule has 1 heterocycles. The van der Waals surface area contributed by atoms with E-state index in [-0.39, 0.29) is 31.7 Å². The molecule has 8 nitrogen and oxygen atoms in total. The van der Waals surface area contributed by atoms with Crippen LogP contribution in [0.25, 0.3) is 11.1 Å². The zero-order valence-electron chi connectivity index (χ0n) is 23.3. The number of benzene rings is 3. The molecule has 0 aliphatic heterocycles. The summed E-state index contributed by atoms with van der Waals surface area (Å²) in [5, 5.41) is 22.0. The number of carboxylic acid groups (broad SMARTS) is 1. The van der Waals surface area contributed by atoms with E-state index < -0.39 is 12.0 Å². The monoisotopic (exact) mass is 601 g/mol. The number of hydrogen-bond acceptors (Lipinski definition) is 7. The van der Waals surface area contributed by atoms with Crippen molar-refractivity contribution < 1.29 is 28.5 Å². The molecule has 1 aromatic heterocycles. The number of methoxy groups -OCH3 is 1. The molecule has 43 heavy (non-hydrogen) atoms. The van der Waals surface area contributed by atoms with Crippen molar-refractivity contribution in [3.05, 3.63) is 112 Å². The van der Waals surface area contributed by atoms with Crippen LogP contribution in [-0.2, 0) is 29.1 Å². The SMILES string of the molecule is COC[C@H](NCc1cc(Cl)c(O[C@H]2CCc3c(-c4ccccc4F)cccc32)cc1OCc1cncc(C#N)c1)C(=O)O. The number of nitrogens with one attached hydrogen (secondary N) is 1. The lowest BCUT2D eigenvalue weighted by Gasteiger charge is -2.20. The molecular formula is C33H29ClFN3O5. The smallest absolute Gasteiger partial charge is 0.323 e. The third-order valence-corrected chi connectivity index (χ3v) is 7.55. The van der Waals surface area contributed by atoms with Gasteiger partial charge in [-0.2, -0.15) is 5.26 Å². The van der Waals surface area contributed by atoms with E-state index >= 15 is 0 Å². The van der Waals surface area contributed by atoms with Gasteiger partial charge in [0.25, 0.3) is 0 Å². The zero-order chi connectivity index (χ0) is 30.3. The largest absolute Gasteiger partial charge is 0.488 e. The van der Waals surface area contributed by atoms with Crippen LogP contribution in [0.5, 0.6) is 11.5 Å². The minimum atomic E-state index is -1.05. The predicted molar refractivity (Wildman–Crippen MR) is 158 cm³/mol. The van der Waals surface area contributed by atoms with Crippen LogP contribution >= 0.6 is 11.6 Å². The Hall–Kier alpha value is -4.49. The molecule has 1 aliphatic rings. The van der Waals surface area contributed by atoms with Crippen LogP contribution in [0.2, 0.25) is 5.02 Å². The molecule has 1 aliphatic carbocycles. The molecule has 5 rings (SSSR count). The van der Waals surface area contributed by atoms with Gasteiger partial charge in [-0.05, 0) is 47.7 Å². The lowest BCUT2D eigenvalue weighted by Crippen LogP contribution is -2.39. The molecule has 0 radical (unpaired) electrons. The summed E-state index contributed by atoms with van der Waals surface area (Å²) in [7, 11) is 1.43. The number of pyridine rings is 1. The first-order valence-electron chi connectivity index (χ1n) is 13.7.